The highest BCUT2D eigenvalue weighted by Crippen LogP contribution is 2.30. The molecule has 0 aliphatic carbocycles. The summed E-state index contributed by atoms with van der Waals surface area (Å²) >= 11 is 0. The number of carbonyl (C=O) groups excluding carboxylic acids is 1. The highest BCUT2D eigenvalue weighted by Gasteiger charge is 2.31. The van der Waals surface area contributed by atoms with Crippen LogP contribution in [0.4, 0.5) is 17.1 Å². The second-order valence-electron chi connectivity index (χ2n) is 17.8. The van der Waals surface area contributed by atoms with Gasteiger partial charge in [-0.25, -0.2) is 21.6 Å². The number of nitrogens with one attached hydrogen (secondary N) is 2. The Kier molecular flexibility index (Phi) is 16.7. The summed E-state index contributed by atoms with van der Waals surface area (Å²) in [4.78, 5) is 57.8. The number of carbonyl (C=O) groups is 2. The van der Waals surface area contributed by atoms with Crippen molar-refractivity contribution >= 4 is 70.7 Å². The van der Waals surface area contributed by atoms with Crippen LogP contribution in [0.1, 0.15) is 37.4 Å². The van der Waals surface area contributed by atoms with Gasteiger partial charge in [0.2, 0.25) is 31.2 Å². The molecule has 73 heavy (non-hydrogen) atoms. The Hall–Kier alpha value is -6.50. The first-order valence-electron chi connectivity index (χ1n) is 23.9. The zero-order chi connectivity index (χ0) is 51.9. The molecule has 5 N–H and O–H groups in total. The van der Waals surface area contributed by atoms with Crippen LogP contribution in [-0.2, 0) is 45.4 Å². The molecular formula is C51H59N7O13S2. The average molecular weight is 1040 g/mol. The van der Waals surface area contributed by atoms with E-state index in [1.165, 1.54) is 32.9 Å². The first kappa shape index (κ1) is 52.8. The number of aromatic amines is 2. The number of Topliss-reactive ketones (excluding diaryl/α,β-unsaturated/α-hetero) is 1. The van der Waals surface area contributed by atoms with E-state index in [1.807, 2.05) is 43.0 Å². The Balaban J connectivity index is 0.000000164. The van der Waals surface area contributed by atoms with Crippen molar-refractivity contribution in [3.05, 3.63) is 133 Å². The summed E-state index contributed by atoms with van der Waals surface area (Å²) in [6, 6.07) is 23.2. The number of ketones is 1. The van der Waals surface area contributed by atoms with Crippen LogP contribution in [-0.4, -0.2) is 157 Å². The molecule has 0 radical (unpaired) electrons. The first-order chi connectivity index (χ1) is 35.0. The van der Waals surface area contributed by atoms with E-state index in [1.54, 1.807) is 36.4 Å². The van der Waals surface area contributed by atoms with Gasteiger partial charge in [0, 0.05) is 110 Å². The number of sulfonamides is 2. The van der Waals surface area contributed by atoms with Crippen molar-refractivity contribution in [2.75, 3.05) is 121 Å². The van der Waals surface area contributed by atoms with E-state index in [0.29, 0.717) is 107 Å². The van der Waals surface area contributed by atoms with E-state index < -0.39 is 26.0 Å². The molecular weight excluding hydrogens is 983 g/mol. The fourth-order valence-electron chi connectivity index (χ4n) is 9.08. The number of aromatic carboxylic acids is 1. The zero-order valence-corrected chi connectivity index (χ0v) is 42.3. The van der Waals surface area contributed by atoms with Crippen molar-refractivity contribution in [1.29, 1.82) is 0 Å². The van der Waals surface area contributed by atoms with Crippen LogP contribution in [0.3, 0.4) is 0 Å². The molecule has 0 bridgehead atoms. The predicted molar refractivity (Wildman–Crippen MR) is 276 cm³/mol. The maximum atomic E-state index is 13.7. The van der Waals surface area contributed by atoms with E-state index >= 15 is 0 Å². The number of morpholine rings is 4. The van der Waals surface area contributed by atoms with Crippen molar-refractivity contribution in [3.8, 4) is 0 Å². The number of pyridine rings is 2. The Bertz CT molecular complexity index is 3340. The van der Waals surface area contributed by atoms with Crippen molar-refractivity contribution in [2.45, 2.75) is 30.1 Å². The van der Waals surface area contributed by atoms with Crippen LogP contribution in [0.5, 0.6) is 0 Å². The third-order valence-corrected chi connectivity index (χ3v) is 16.7. The molecule has 22 heteroatoms. The first-order valence-corrected chi connectivity index (χ1v) is 26.7. The van der Waals surface area contributed by atoms with Gasteiger partial charge < -0.3 is 49.6 Å². The van der Waals surface area contributed by atoms with Gasteiger partial charge in [-0.3, -0.25) is 14.4 Å². The molecule has 6 heterocycles. The van der Waals surface area contributed by atoms with Gasteiger partial charge in [-0.05, 0) is 97.3 Å². The lowest BCUT2D eigenvalue weighted by Crippen LogP contribution is -2.40. The molecule has 2 aromatic heterocycles. The summed E-state index contributed by atoms with van der Waals surface area (Å²) < 4.78 is 76.0. The number of ether oxygens (including phenoxy) is 4. The number of H-pyrrole nitrogens is 2. The van der Waals surface area contributed by atoms with Gasteiger partial charge in [-0.15, -0.1) is 0 Å². The normalized spacial score (nSPS) is 17.1. The summed E-state index contributed by atoms with van der Waals surface area (Å²) in [5.74, 6) is -1.31. The Labute approximate surface area is 422 Å². The molecule has 20 nitrogen and oxygen atoms in total. The highest BCUT2D eigenvalue weighted by molar-refractivity contribution is 7.89. The number of nitrogens with two attached hydrogens (primary N) is 1. The number of carboxylic acid groups (broad SMARTS) is 1. The van der Waals surface area contributed by atoms with Crippen LogP contribution in [0, 0.1) is 13.8 Å². The molecule has 4 aliphatic heterocycles. The predicted octanol–water partition coefficient (Wildman–Crippen LogP) is 3.78. The lowest BCUT2D eigenvalue weighted by Gasteiger charge is -2.31. The SMILES string of the molecule is Cc1cc(=O)[nH]c2ccc(CC(=O)c3cc(S(=O)(=O)N4CCOCC4)ccc3N3CCOCC3)cc12.Cc1cc(=O)[nH]c2ccc(N)cc12.O=C(O)c1cc(S(=O)(=O)N2CCOCC2)ccc1N1CCOCC1. The third kappa shape index (κ3) is 12.5. The van der Waals surface area contributed by atoms with E-state index in [9.17, 15) is 41.1 Å². The smallest absolute Gasteiger partial charge is 0.337 e. The van der Waals surface area contributed by atoms with Crippen LogP contribution in [0.15, 0.2) is 104 Å². The molecule has 388 valence electrons. The summed E-state index contributed by atoms with van der Waals surface area (Å²) in [5, 5.41) is 11.4. The van der Waals surface area contributed by atoms with Gasteiger partial charge in [0.1, 0.15) is 0 Å². The lowest BCUT2D eigenvalue weighted by molar-refractivity contribution is 0.0695. The number of fused-ring (bicyclic) bond motifs is 2. The summed E-state index contributed by atoms with van der Waals surface area (Å²) in [5.41, 5.74) is 11.8. The topological polar surface area (TPSA) is 264 Å². The van der Waals surface area contributed by atoms with Crippen LogP contribution in [0.25, 0.3) is 21.8 Å². The van der Waals surface area contributed by atoms with Crippen LogP contribution < -0.4 is 26.7 Å². The van der Waals surface area contributed by atoms with Gasteiger partial charge in [-0.1, -0.05) is 6.07 Å². The number of carboxylic acids is 1. The molecule has 0 atom stereocenters. The number of aryl methyl sites for hydroxylation is 2. The number of aromatic nitrogens is 2. The fraction of sp³-hybridized carbons (Fsp3) is 0.373. The average Bonchev–Trinajstić information content (AvgIpc) is 3.40. The van der Waals surface area contributed by atoms with Crippen LogP contribution in [0.2, 0.25) is 0 Å². The molecule has 4 aromatic carbocycles. The molecule has 10 rings (SSSR count). The maximum absolute atomic E-state index is 13.7. The summed E-state index contributed by atoms with van der Waals surface area (Å²) in [7, 11) is -7.47. The van der Waals surface area contributed by atoms with Crippen molar-refractivity contribution in [1.82, 2.24) is 18.6 Å². The quantitative estimate of drug-likeness (QED) is 0.112. The van der Waals surface area contributed by atoms with E-state index in [2.05, 4.69) is 14.9 Å². The minimum atomic E-state index is -3.75. The minimum absolute atomic E-state index is 0.00110. The van der Waals surface area contributed by atoms with Crippen molar-refractivity contribution < 1.29 is 50.5 Å². The number of hydrogen-bond acceptors (Lipinski definition) is 15. The molecule has 6 aromatic rings. The second kappa shape index (κ2) is 23.1. The number of anilines is 3. The monoisotopic (exact) mass is 1040 g/mol. The molecule has 0 unspecified atom stereocenters. The lowest BCUT2D eigenvalue weighted by atomic mass is 9.98. The fourth-order valence-corrected chi connectivity index (χ4v) is 11.9. The largest absolute Gasteiger partial charge is 0.478 e. The third-order valence-electron chi connectivity index (χ3n) is 12.9. The highest BCUT2D eigenvalue weighted by atomic mass is 32.2. The molecule has 0 saturated carbocycles. The molecule has 4 aliphatic rings. The van der Waals surface area contributed by atoms with Gasteiger partial charge >= 0.3 is 5.97 Å². The zero-order valence-electron chi connectivity index (χ0n) is 40.6. The number of nitrogen functional groups attached to an aromatic ring is 1. The number of benzene rings is 4. The van der Waals surface area contributed by atoms with E-state index in [-0.39, 0.29) is 64.9 Å². The maximum Gasteiger partial charge on any atom is 0.337 e. The summed E-state index contributed by atoms with van der Waals surface area (Å²) in [6.07, 6.45) is 0.104. The van der Waals surface area contributed by atoms with Crippen LogP contribution >= 0.6 is 0 Å². The van der Waals surface area contributed by atoms with Crippen molar-refractivity contribution in [2.24, 2.45) is 0 Å². The van der Waals surface area contributed by atoms with Gasteiger partial charge in [0.25, 0.3) is 0 Å². The molecule has 4 fully saturated rings. The number of hydrogen-bond donors (Lipinski definition) is 4. The molecule has 4 saturated heterocycles. The van der Waals surface area contributed by atoms with Gasteiger partial charge in [-0.2, -0.15) is 8.61 Å². The minimum Gasteiger partial charge on any atom is -0.478 e. The van der Waals surface area contributed by atoms with E-state index in [4.69, 9.17) is 24.7 Å². The van der Waals surface area contributed by atoms with Gasteiger partial charge in [0.15, 0.2) is 5.78 Å². The van der Waals surface area contributed by atoms with Crippen molar-refractivity contribution in [3.63, 3.8) is 0 Å². The standard InChI is InChI=1S/C26H29N3O6S.C15H20N2O6S.C10H10N2O/c1-18-14-26(31)27-23-4-2-19(15-21(18)23)16-25(30)22-17-20(36(32,33)29-8-12-35-13-9-29)3-5-24(22)28-6-10-34-11-7-28;18-15(19)13-11-12(24(20,21)17-5-9-23-10-6-17)1-2-14(13)16-3-7-22-8-4-16;1-6-4-10(13)12-9-3-2-7(11)5-8(6)9/h2-5,14-15,17H,6-13,16H2,1H3,(H,27,31);1-2,11H,3-10H2,(H,18,19);2-5H,11H2,1H3,(H,12,13). The number of nitrogens with zero attached hydrogens (tertiary/aromatic N) is 4. The van der Waals surface area contributed by atoms with Gasteiger partial charge in [0.05, 0.1) is 73.9 Å². The second-order valence-corrected chi connectivity index (χ2v) is 21.7. The Morgan fingerprint density at radius 1 is 0.548 bits per heavy atom. The Morgan fingerprint density at radius 2 is 0.959 bits per heavy atom. The Morgan fingerprint density at radius 3 is 1.42 bits per heavy atom. The molecule has 0 spiro atoms. The van der Waals surface area contributed by atoms with E-state index in [0.717, 1.165) is 33.0 Å². The summed E-state index contributed by atoms with van der Waals surface area (Å²) in [6.45, 7) is 10.8. The molecule has 0 amide bonds. The number of rotatable bonds is 10.